The monoisotopic (exact) mass is 335 g/mol. The van der Waals surface area contributed by atoms with Gasteiger partial charge in [0.2, 0.25) is 0 Å². The zero-order chi connectivity index (χ0) is 16.5. The van der Waals surface area contributed by atoms with Crippen molar-refractivity contribution in [1.29, 1.82) is 0 Å². The van der Waals surface area contributed by atoms with Crippen molar-refractivity contribution in [3.8, 4) is 10.7 Å². The quantitative estimate of drug-likeness (QED) is 0.717. The molecule has 0 saturated heterocycles. The maximum atomic E-state index is 13.0. The second-order valence-corrected chi connectivity index (χ2v) is 6.89. The van der Waals surface area contributed by atoms with Crippen molar-refractivity contribution in [2.75, 3.05) is 6.54 Å². The number of amides is 1. The SMILES string of the molecule is Cc1nc(-c2ccccn2)sc1C(=O)N1CCc2ccccc2C1. The zero-order valence-electron chi connectivity index (χ0n) is 13.4. The molecule has 0 atom stereocenters. The number of aryl methyl sites for hydroxylation is 1. The molecule has 3 heterocycles. The van der Waals surface area contributed by atoms with Crippen molar-refractivity contribution in [2.45, 2.75) is 19.9 Å². The summed E-state index contributed by atoms with van der Waals surface area (Å²) < 4.78 is 0. The average Bonchev–Trinajstić information content (AvgIpc) is 3.03. The van der Waals surface area contributed by atoms with E-state index in [1.54, 1.807) is 6.20 Å². The van der Waals surface area contributed by atoms with Crippen LogP contribution in [-0.2, 0) is 13.0 Å². The number of carbonyl (C=O) groups excluding carboxylic acids is 1. The Morgan fingerprint density at radius 3 is 2.71 bits per heavy atom. The summed E-state index contributed by atoms with van der Waals surface area (Å²) >= 11 is 1.43. The lowest BCUT2D eigenvalue weighted by molar-refractivity contribution is 0.0738. The second kappa shape index (κ2) is 6.17. The number of aromatic nitrogens is 2. The van der Waals surface area contributed by atoms with Crippen LogP contribution in [0.2, 0.25) is 0 Å². The van der Waals surface area contributed by atoms with Crippen molar-refractivity contribution in [2.24, 2.45) is 0 Å². The van der Waals surface area contributed by atoms with Gasteiger partial charge in [-0.25, -0.2) is 4.98 Å². The highest BCUT2D eigenvalue weighted by molar-refractivity contribution is 7.17. The van der Waals surface area contributed by atoms with Crippen LogP contribution in [0.25, 0.3) is 10.7 Å². The first-order valence-corrected chi connectivity index (χ1v) is 8.79. The van der Waals surface area contributed by atoms with E-state index in [2.05, 4.69) is 28.2 Å². The topological polar surface area (TPSA) is 46.1 Å². The molecule has 0 saturated carbocycles. The molecule has 1 aromatic carbocycles. The van der Waals surface area contributed by atoms with Gasteiger partial charge >= 0.3 is 0 Å². The lowest BCUT2D eigenvalue weighted by Gasteiger charge is -2.28. The van der Waals surface area contributed by atoms with Crippen LogP contribution in [0, 0.1) is 6.92 Å². The Labute approximate surface area is 144 Å². The standard InChI is InChI=1S/C19H17N3OS/c1-13-17(24-18(21-13)16-8-4-5-10-20-16)19(23)22-11-9-14-6-2-3-7-15(14)12-22/h2-8,10H,9,11-12H2,1H3. The van der Waals surface area contributed by atoms with Crippen LogP contribution >= 0.6 is 11.3 Å². The molecule has 120 valence electrons. The van der Waals surface area contributed by atoms with Gasteiger partial charge in [0.05, 0.1) is 11.4 Å². The summed E-state index contributed by atoms with van der Waals surface area (Å²) in [4.78, 5) is 24.5. The van der Waals surface area contributed by atoms with Gasteiger partial charge < -0.3 is 4.90 Å². The predicted molar refractivity (Wildman–Crippen MR) is 95.0 cm³/mol. The molecule has 0 aliphatic carbocycles. The van der Waals surface area contributed by atoms with Crippen molar-refractivity contribution in [3.05, 3.63) is 70.4 Å². The van der Waals surface area contributed by atoms with Gasteiger partial charge in [0.1, 0.15) is 9.88 Å². The molecule has 24 heavy (non-hydrogen) atoms. The van der Waals surface area contributed by atoms with E-state index in [4.69, 9.17) is 0 Å². The third-order valence-corrected chi connectivity index (χ3v) is 5.46. The first kappa shape index (κ1) is 15.0. The Bertz CT molecular complexity index is 889. The summed E-state index contributed by atoms with van der Waals surface area (Å²) in [6, 6.07) is 14.1. The Hall–Kier alpha value is -2.53. The van der Waals surface area contributed by atoms with Crippen LogP contribution < -0.4 is 0 Å². The highest BCUT2D eigenvalue weighted by atomic mass is 32.1. The van der Waals surface area contributed by atoms with Crippen LogP contribution in [0.1, 0.15) is 26.5 Å². The van der Waals surface area contributed by atoms with Crippen LogP contribution in [-0.4, -0.2) is 27.3 Å². The van der Waals surface area contributed by atoms with E-state index in [0.29, 0.717) is 6.54 Å². The second-order valence-electron chi connectivity index (χ2n) is 5.89. The van der Waals surface area contributed by atoms with E-state index in [-0.39, 0.29) is 5.91 Å². The molecule has 4 rings (SSSR count). The van der Waals surface area contributed by atoms with Gasteiger partial charge in [0.25, 0.3) is 5.91 Å². The van der Waals surface area contributed by atoms with Crippen LogP contribution in [0.3, 0.4) is 0 Å². The number of nitrogens with zero attached hydrogens (tertiary/aromatic N) is 3. The zero-order valence-corrected chi connectivity index (χ0v) is 14.2. The Morgan fingerprint density at radius 1 is 1.12 bits per heavy atom. The maximum absolute atomic E-state index is 13.0. The van der Waals surface area contributed by atoms with Gasteiger partial charge in [0.15, 0.2) is 0 Å². The lowest BCUT2D eigenvalue weighted by Crippen LogP contribution is -2.35. The number of thiazole rings is 1. The van der Waals surface area contributed by atoms with Gasteiger partial charge in [-0.05, 0) is 36.6 Å². The summed E-state index contributed by atoms with van der Waals surface area (Å²) in [5.41, 5.74) is 4.18. The first-order chi connectivity index (χ1) is 11.7. The van der Waals surface area contributed by atoms with Crippen LogP contribution in [0.15, 0.2) is 48.7 Å². The highest BCUT2D eigenvalue weighted by Crippen LogP contribution is 2.29. The molecule has 0 radical (unpaired) electrons. The molecular weight excluding hydrogens is 318 g/mol. The van der Waals surface area contributed by atoms with Crippen molar-refractivity contribution < 1.29 is 4.79 Å². The Morgan fingerprint density at radius 2 is 1.92 bits per heavy atom. The van der Waals surface area contributed by atoms with Gasteiger partial charge in [-0.3, -0.25) is 9.78 Å². The molecule has 1 amide bonds. The van der Waals surface area contributed by atoms with E-state index in [1.807, 2.05) is 36.1 Å². The van der Waals surface area contributed by atoms with Gasteiger partial charge in [-0.1, -0.05) is 30.3 Å². The van der Waals surface area contributed by atoms with Gasteiger partial charge in [0, 0.05) is 19.3 Å². The molecule has 0 spiro atoms. The summed E-state index contributed by atoms with van der Waals surface area (Å²) in [5, 5.41) is 0.800. The van der Waals surface area contributed by atoms with Gasteiger partial charge in [-0.2, -0.15) is 0 Å². The third kappa shape index (κ3) is 2.71. The van der Waals surface area contributed by atoms with E-state index < -0.39 is 0 Å². The number of rotatable bonds is 2. The van der Waals surface area contributed by atoms with E-state index >= 15 is 0 Å². The van der Waals surface area contributed by atoms with Crippen molar-refractivity contribution in [1.82, 2.24) is 14.9 Å². The minimum absolute atomic E-state index is 0.0710. The first-order valence-electron chi connectivity index (χ1n) is 7.97. The fourth-order valence-electron chi connectivity index (χ4n) is 3.01. The molecule has 3 aromatic rings. The predicted octanol–water partition coefficient (Wildman–Crippen LogP) is 3.71. The Balaban J connectivity index is 1.61. The molecular formula is C19H17N3OS. The molecule has 2 aromatic heterocycles. The average molecular weight is 335 g/mol. The molecule has 0 unspecified atom stereocenters. The number of benzene rings is 1. The lowest BCUT2D eigenvalue weighted by atomic mass is 10.00. The van der Waals surface area contributed by atoms with Crippen LogP contribution in [0.5, 0.6) is 0 Å². The van der Waals surface area contributed by atoms with E-state index in [9.17, 15) is 4.79 Å². The minimum Gasteiger partial charge on any atom is -0.333 e. The highest BCUT2D eigenvalue weighted by Gasteiger charge is 2.25. The molecule has 1 aliphatic heterocycles. The number of carbonyl (C=O) groups is 1. The molecule has 5 heteroatoms. The summed E-state index contributed by atoms with van der Waals surface area (Å²) in [6.07, 6.45) is 2.65. The van der Waals surface area contributed by atoms with Crippen molar-refractivity contribution >= 4 is 17.2 Å². The largest absolute Gasteiger partial charge is 0.333 e. The smallest absolute Gasteiger partial charge is 0.266 e. The fourth-order valence-corrected chi connectivity index (χ4v) is 4.02. The van der Waals surface area contributed by atoms with Crippen LogP contribution in [0.4, 0.5) is 0 Å². The minimum atomic E-state index is 0.0710. The van der Waals surface area contributed by atoms with E-state index in [0.717, 1.165) is 34.2 Å². The molecule has 4 nitrogen and oxygen atoms in total. The molecule has 0 N–H and O–H groups in total. The number of pyridine rings is 1. The molecule has 0 bridgehead atoms. The van der Waals surface area contributed by atoms with E-state index in [1.165, 1.54) is 22.5 Å². The maximum Gasteiger partial charge on any atom is 0.266 e. The molecule has 0 fully saturated rings. The Kier molecular flexibility index (Phi) is 3.86. The number of fused-ring (bicyclic) bond motifs is 1. The number of hydrogen-bond acceptors (Lipinski definition) is 4. The fraction of sp³-hybridized carbons (Fsp3) is 0.211. The summed E-state index contributed by atoms with van der Waals surface area (Å²) in [7, 11) is 0. The normalized spacial score (nSPS) is 13.6. The van der Waals surface area contributed by atoms with Crippen molar-refractivity contribution in [3.63, 3.8) is 0 Å². The van der Waals surface area contributed by atoms with Gasteiger partial charge in [-0.15, -0.1) is 11.3 Å². The molecule has 1 aliphatic rings. The number of hydrogen-bond donors (Lipinski definition) is 0. The summed E-state index contributed by atoms with van der Waals surface area (Å²) in [5.74, 6) is 0.0710. The third-order valence-electron chi connectivity index (χ3n) is 4.29. The summed E-state index contributed by atoms with van der Waals surface area (Å²) in [6.45, 7) is 3.32.